The van der Waals surface area contributed by atoms with Crippen molar-refractivity contribution in [1.29, 1.82) is 0 Å². The van der Waals surface area contributed by atoms with Gasteiger partial charge < -0.3 is 4.90 Å². The molecule has 0 aliphatic heterocycles. The Kier molecular flexibility index (Phi) is 3.38. The minimum atomic E-state index is -3.80. The predicted octanol–water partition coefficient (Wildman–Crippen LogP) is 2.16. The zero-order chi connectivity index (χ0) is 13.5. The summed E-state index contributed by atoms with van der Waals surface area (Å²) < 4.78 is 22.6. The average molecular weight is 288 g/mol. The van der Waals surface area contributed by atoms with Crippen LogP contribution in [0.3, 0.4) is 0 Å². The van der Waals surface area contributed by atoms with Crippen LogP contribution in [-0.4, -0.2) is 32.3 Å². The lowest BCUT2D eigenvalue weighted by molar-refractivity contribution is 0.0784. The van der Waals surface area contributed by atoms with Gasteiger partial charge in [0.15, 0.2) is 0 Å². The second-order valence-electron chi connectivity index (χ2n) is 4.56. The van der Waals surface area contributed by atoms with E-state index in [1.54, 1.807) is 24.9 Å². The Labute approximate surface area is 111 Å². The van der Waals surface area contributed by atoms with E-state index < -0.39 is 9.05 Å². The van der Waals surface area contributed by atoms with Gasteiger partial charge in [-0.05, 0) is 37.5 Å². The Morgan fingerprint density at radius 3 is 2.50 bits per heavy atom. The fourth-order valence-electron chi connectivity index (χ4n) is 1.80. The SMILES string of the molecule is Cc1ccc(S(=O)(=O)Cl)cc1C(=O)N(C)C1CC1. The summed E-state index contributed by atoms with van der Waals surface area (Å²) in [5, 5.41) is 0. The Morgan fingerprint density at radius 1 is 1.39 bits per heavy atom. The van der Waals surface area contributed by atoms with Crippen LogP contribution >= 0.6 is 10.7 Å². The van der Waals surface area contributed by atoms with Crippen LogP contribution in [0, 0.1) is 6.92 Å². The molecule has 0 spiro atoms. The van der Waals surface area contributed by atoms with Gasteiger partial charge in [0.2, 0.25) is 0 Å². The Bertz CT molecular complexity index is 593. The smallest absolute Gasteiger partial charge is 0.261 e. The Hall–Kier alpha value is -1.07. The van der Waals surface area contributed by atoms with E-state index in [2.05, 4.69) is 0 Å². The van der Waals surface area contributed by atoms with Crippen LogP contribution in [0.4, 0.5) is 0 Å². The Balaban J connectivity index is 2.40. The zero-order valence-electron chi connectivity index (χ0n) is 10.2. The monoisotopic (exact) mass is 287 g/mol. The highest BCUT2D eigenvalue weighted by Gasteiger charge is 2.31. The van der Waals surface area contributed by atoms with Gasteiger partial charge in [-0.15, -0.1) is 0 Å². The van der Waals surface area contributed by atoms with Gasteiger partial charge >= 0.3 is 0 Å². The lowest BCUT2D eigenvalue weighted by Gasteiger charge is -2.17. The summed E-state index contributed by atoms with van der Waals surface area (Å²) in [7, 11) is 3.22. The third-order valence-corrected chi connectivity index (χ3v) is 4.49. The number of halogens is 1. The lowest BCUT2D eigenvalue weighted by atomic mass is 10.1. The van der Waals surface area contributed by atoms with Crippen molar-refractivity contribution in [2.45, 2.75) is 30.7 Å². The highest BCUT2D eigenvalue weighted by Crippen LogP contribution is 2.28. The molecule has 0 bridgehead atoms. The molecule has 2 rings (SSSR count). The lowest BCUT2D eigenvalue weighted by Crippen LogP contribution is -2.29. The molecule has 0 saturated heterocycles. The van der Waals surface area contributed by atoms with E-state index in [0.29, 0.717) is 5.56 Å². The maximum atomic E-state index is 12.2. The van der Waals surface area contributed by atoms with Gasteiger partial charge in [0.25, 0.3) is 15.0 Å². The molecule has 0 N–H and O–H groups in total. The minimum absolute atomic E-state index is 0.0395. The number of carbonyl (C=O) groups excluding carboxylic acids is 1. The summed E-state index contributed by atoms with van der Waals surface area (Å²) in [6.45, 7) is 1.78. The topological polar surface area (TPSA) is 54.5 Å². The molecule has 4 nitrogen and oxygen atoms in total. The summed E-state index contributed by atoms with van der Waals surface area (Å²) in [4.78, 5) is 13.8. The van der Waals surface area contributed by atoms with Crippen LogP contribution in [0.25, 0.3) is 0 Å². The first-order chi connectivity index (χ1) is 8.30. The molecular formula is C12H14ClNO3S. The number of nitrogens with zero attached hydrogens (tertiary/aromatic N) is 1. The molecule has 0 atom stereocenters. The largest absolute Gasteiger partial charge is 0.339 e. The maximum absolute atomic E-state index is 12.2. The number of rotatable bonds is 3. The first-order valence-corrected chi connectivity index (χ1v) is 7.94. The number of benzene rings is 1. The third kappa shape index (κ3) is 2.67. The van der Waals surface area contributed by atoms with Gasteiger partial charge in [-0.3, -0.25) is 4.79 Å². The summed E-state index contributed by atoms with van der Waals surface area (Å²) in [6, 6.07) is 4.64. The summed E-state index contributed by atoms with van der Waals surface area (Å²) >= 11 is 0. The molecular weight excluding hydrogens is 274 g/mol. The number of amides is 1. The molecule has 6 heteroatoms. The highest BCUT2D eigenvalue weighted by atomic mass is 35.7. The fraction of sp³-hybridized carbons (Fsp3) is 0.417. The molecule has 1 aromatic rings. The molecule has 1 amide bonds. The van der Waals surface area contributed by atoms with Crippen LogP contribution < -0.4 is 0 Å². The van der Waals surface area contributed by atoms with Crippen molar-refractivity contribution in [3.63, 3.8) is 0 Å². The van der Waals surface area contributed by atoms with Crippen molar-refractivity contribution in [2.75, 3.05) is 7.05 Å². The van der Waals surface area contributed by atoms with Crippen LogP contribution in [-0.2, 0) is 9.05 Å². The van der Waals surface area contributed by atoms with Crippen LogP contribution in [0.1, 0.15) is 28.8 Å². The average Bonchev–Trinajstić information content (AvgIpc) is 3.10. The van der Waals surface area contributed by atoms with E-state index in [1.807, 2.05) is 0 Å². The number of hydrogen-bond acceptors (Lipinski definition) is 3. The molecule has 18 heavy (non-hydrogen) atoms. The summed E-state index contributed by atoms with van der Waals surface area (Å²) in [5.41, 5.74) is 1.14. The van der Waals surface area contributed by atoms with Crippen molar-refractivity contribution in [3.8, 4) is 0 Å². The van der Waals surface area contributed by atoms with Crippen molar-refractivity contribution in [2.24, 2.45) is 0 Å². The molecule has 1 aliphatic rings. The minimum Gasteiger partial charge on any atom is -0.339 e. The van der Waals surface area contributed by atoms with Gasteiger partial charge in [-0.25, -0.2) is 8.42 Å². The van der Waals surface area contributed by atoms with Crippen molar-refractivity contribution >= 4 is 25.6 Å². The molecule has 1 aliphatic carbocycles. The molecule has 0 unspecified atom stereocenters. The number of carbonyl (C=O) groups is 1. The van der Waals surface area contributed by atoms with E-state index in [0.717, 1.165) is 18.4 Å². The van der Waals surface area contributed by atoms with E-state index in [1.165, 1.54) is 12.1 Å². The van der Waals surface area contributed by atoms with Gasteiger partial charge in [-0.2, -0.15) is 0 Å². The predicted molar refractivity (Wildman–Crippen MR) is 69.3 cm³/mol. The number of hydrogen-bond donors (Lipinski definition) is 0. The molecule has 0 heterocycles. The van der Waals surface area contributed by atoms with Crippen LogP contribution in [0.2, 0.25) is 0 Å². The van der Waals surface area contributed by atoms with E-state index in [9.17, 15) is 13.2 Å². The van der Waals surface area contributed by atoms with Gasteiger partial charge in [-0.1, -0.05) is 6.07 Å². The van der Waals surface area contributed by atoms with Crippen LogP contribution in [0.5, 0.6) is 0 Å². The maximum Gasteiger partial charge on any atom is 0.261 e. The second-order valence-corrected chi connectivity index (χ2v) is 7.13. The molecule has 98 valence electrons. The standard InChI is InChI=1S/C12H14ClNO3S/c1-8-3-6-10(18(13,16)17)7-11(8)12(15)14(2)9-4-5-9/h3,6-7,9H,4-5H2,1-2H3. The normalized spacial score (nSPS) is 15.5. The van der Waals surface area contributed by atoms with Crippen LogP contribution in [0.15, 0.2) is 23.1 Å². The highest BCUT2D eigenvalue weighted by molar-refractivity contribution is 8.13. The van der Waals surface area contributed by atoms with Crippen molar-refractivity contribution in [3.05, 3.63) is 29.3 Å². The van der Waals surface area contributed by atoms with Gasteiger partial charge in [0.05, 0.1) is 4.90 Å². The quantitative estimate of drug-likeness (QED) is 0.801. The van der Waals surface area contributed by atoms with E-state index >= 15 is 0 Å². The van der Waals surface area contributed by atoms with Gasteiger partial charge in [0, 0.05) is 29.3 Å². The molecule has 1 fully saturated rings. The van der Waals surface area contributed by atoms with Crippen molar-refractivity contribution in [1.82, 2.24) is 4.90 Å². The van der Waals surface area contributed by atoms with E-state index in [4.69, 9.17) is 10.7 Å². The third-order valence-electron chi connectivity index (χ3n) is 3.14. The molecule has 1 saturated carbocycles. The Morgan fingerprint density at radius 2 is 2.00 bits per heavy atom. The van der Waals surface area contributed by atoms with Gasteiger partial charge in [0.1, 0.15) is 0 Å². The first kappa shape index (κ1) is 13.4. The summed E-state index contributed by atoms with van der Waals surface area (Å²) in [5.74, 6) is -0.155. The second kappa shape index (κ2) is 4.55. The molecule has 0 aromatic heterocycles. The number of aryl methyl sites for hydroxylation is 1. The van der Waals surface area contributed by atoms with E-state index in [-0.39, 0.29) is 16.8 Å². The molecule has 0 radical (unpaired) electrons. The van der Waals surface area contributed by atoms with Crippen molar-refractivity contribution < 1.29 is 13.2 Å². The molecule has 1 aromatic carbocycles. The first-order valence-electron chi connectivity index (χ1n) is 5.63. The fourth-order valence-corrected chi connectivity index (χ4v) is 2.58. The zero-order valence-corrected chi connectivity index (χ0v) is 11.8. The summed E-state index contributed by atoms with van der Waals surface area (Å²) in [6.07, 6.45) is 2.02.